The molecule has 100 valence electrons. The summed E-state index contributed by atoms with van der Waals surface area (Å²) in [5.74, 6) is -0.0475. The van der Waals surface area contributed by atoms with Crippen LogP contribution in [0.3, 0.4) is 0 Å². The highest BCUT2D eigenvalue weighted by Gasteiger charge is 2.42. The molecule has 0 aromatic heterocycles. The second-order valence-corrected chi connectivity index (χ2v) is 6.07. The summed E-state index contributed by atoms with van der Waals surface area (Å²) in [4.78, 5) is 11.9. The van der Waals surface area contributed by atoms with Gasteiger partial charge in [0.25, 0.3) is 0 Å². The first kappa shape index (κ1) is 14.7. The predicted octanol–water partition coefficient (Wildman–Crippen LogP) is 1.22. The van der Waals surface area contributed by atoms with Crippen molar-refractivity contribution in [1.29, 1.82) is 0 Å². The van der Waals surface area contributed by atoms with E-state index in [-0.39, 0.29) is 35.9 Å². The number of hydrogen-bond donors (Lipinski definition) is 2. The molecule has 3 N–H and O–H groups in total. The van der Waals surface area contributed by atoms with E-state index in [1.165, 1.54) is 0 Å². The van der Waals surface area contributed by atoms with Gasteiger partial charge >= 0.3 is 0 Å². The number of carbonyl (C=O) groups excluding carboxylic acids is 1. The summed E-state index contributed by atoms with van der Waals surface area (Å²) in [6.45, 7) is 5.94. The number of halogens is 1. The Hall–Kier alpha value is -0.320. The molecule has 2 aliphatic rings. The molecule has 17 heavy (non-hydrogen) atoms. The van der Waals surface area contributed by atoms with E-state index in [1.807, 2.05) is 20.8 Å². The first-order valence-corrected chi connectivity index (χ1v) is 6.09. The molecule has 0 aliphatic carbocycles. The third kappa shape index (κ3) is 3.12. The van der Waals surface area contributed by atoms with E-state index < -0.39 is 6.04 Å². The quantitative estimate of drug-likeness (QED) is 0.787. The van der Waals surface area contributed by atoms with Gasteiger partial charge in [-0.3, -0.25) is 4.79 Å². The molecule has 0 saturated carbocycles. The Kier molecular flexibility index (Phi) is 4.44. The van der Waals surface area contributed by atoms with E-state index in [1.54, 1.807) is 0 Å². The van der Waals surface area contributed by atoms with Gasteiger partial charge in [0.2, 0.25) is 5.91 Å². The molecule has 2 saturated heterocycles. The average molecular weight is 263 g/mol. The van der Waals surface area contributed by atoms with Gasteiger partial charge in [0.1, 0.15) is 0 Å². The molecule has 5 heteroatoms. The van der Waals surface area contributed by atoms with Crippen LogP contribution in [0.25, 0.3) is 0 Å². The van der Waals surface area contributed by atoms with Crippen molar-refractivity contribution in [1.82, 2.24) is 5.32 Å². The summed E-state index contributed by atoms with van der Waals surface area (Å²) < 4.78 is 5.70. The van der Waals surface area contributed by atoms with Gasteiger partial charge in [-0.05, 0) is 24.7 Å². The van der Waals surface area contributed by atoms with Crippen molar-refractivity contribution < 1.29 is 9.53 Å². The van der Waals surface area contributed by atoms with Gasteiger partial charge in [-0.1, -0.05) is 20.8 Å². The minimum absolute atomic E-state index is 0. The second kappa shape index (κ2) is 5.12. The molecular formula is C12H23ClN2O2. The lowest BCUT2D eigenvalue weighted by Crippen LogP contribution is -2.53. The Bertz CT molecular complexity index is 291. The SMILES string of the molecule is CC(C)(C)[C@H](N)C(=O)NC1CC2CCC1O2.Cl. The van der Waals surface area contributed by atoms with Crippen molar-refractivity contribution in [3.63, 3.8) is 0 Å². The third-order valence-electron chi connectivity index (χ3n) is 3.65. The largest absolute Gasteiger partial charge is 0.373 e. The molecule has 0 aromatic carbocycles. The van der Waals surface area contributed by atoms with E-state index in [9.17, 15) is 4.79 Å². The average Bonchev–Trinajstić information content (AvgIpc) is 2.76. The van der Waals surface area contributed by atoms with E-state index >= 15 is 0 Å². The van der Waals surface area contributed by atoms with Gasteiger partial charge in [-0.15, -0.1) is 12.4 Å². The predicted molar refractivity (Wildman–Crippen MR) is 69.1 cm³/mol. The summed E-state index contributed by atoms with van der Waals surface area (Å²) in [6, 6.07) is -0.272. The monoisotopic (exact) mass is 262 g/mol. The van der Waals surface area contributed by atoms with Crippen LogP contribution in [0.4, 0.5) is 0 Å². The van der Waals surface area contributed by atoms with Crippen LogP contribution in [0.15, 0.2) is 0 Å². The zero-order valence-corrected chi connectivity index (χ0v) is 11.5. The summed E-state index contributed by atoms with van der Waals surface area (Å²) in [7, 11) is 0. The third-order valence-corrected chi connectivity index (χ3v) is 3.65. The van der Waals surface area contributed by atoms with Gasteiger partial charge in [-0.2, -0.15) is 0 Å². The van der Waals surface area contributed by atoms with Gasteiger partial charge in [0.05, 0.1) is 24.3 Å². The molecule has 4 atom stereocenters. The number of carbonyl (C=O) groups is 1. The van der Waals surface area contributed by atoms with Gasteiger partial charge in [-0.25, -0.2) is 0 Å². The summed E-state index contributed by atoms with van der Waals surface area (Å²) in [6.07, 6.45) is 3.75. The van der Waals surface area contributed by atoms with E-state index in [2.05, 4.69) is 5.32 Å². The highest BCUT2D eigenvalue weighted by Crippen LogP contribution is 2.34. The zero-order chi connectivity index (χ0) is 11.9. The van der Waals surface area contributed by atoms with Crippen molar-refractivity contribution in [3.8, 4) is 0 Å². The Labute approximate surface area is 109 Å². The normalized spacial score (nSPS) is 33.1. The first-order chi connectivity index (χ1) is 7.38. The fraction of sp³-hybridized carbons (Fsp3) is 0.917. The topological polar surface area (TPSA) is 64.4 Å². The van der Waals surface area contributed by atoms with Crippen molar-refractivity contribution in [2.24, 2.45) is 11.1 Å². The minimum Gasteiger partial charge on any atom is -0.373 e. The van der Waals surface area contributed by atoms with Crippen LogP contribution in [0.2, 0.25) is 0 Å². The lowest BCUT2D eigenvalue weighted by atomic mass is 9.86. The van der Waals surface area contributed by atoms with Crippen molar-refractivity contribution >= 4 is 18.3 Å². The Morgan fingerprint density at radius 3 is 2.47 bits per heavy atom. The molecule has 0 radical (unpaired) electrons. The number of hydrogen-bond acceptors (Lipinski definition) is 3. The molecule has 0 aromatic rings. The molecule has 0 spiro atoms. The van der Waals surface area contributed by atoms with Crippen molar-refractivity contribution in [3.05, 3.63) is 0 Å². The number of fused-ring (bicyclic) bond motifs is 2. The first-order valence-electron chi connectivity index (χ1n) is 6.09. The minimum atomic E-state index is -0.452. The van der Waals surface area contributed by atoms with Crippen molar-refractivity contribution in [2.45, 2.75) is 64.3 Å². The maximum atomic E-state index is 11.9. The smallest absolute Gasteiger partial charge is 0.237 e. The molecule has 2 bridgehead atoms. The molecule has 2 heterocycles. The number of ether oxygens (including phenoxy) is 1. The van der Waals surface area contributed by atoms with Crippen LogP contribution in [0.5, 0.6) is 0 Å². The zero-order valence-electron chi connectivity index (χ0n) is 10.7. The number of amides is 1. The Morgan fingerprint density at radius 1 is 1.41 bits per heavy atom. The Balaban J connectivity index is 0.00000144. The van der Waals surface area contributed by atoms with Gasteiger partial charge in [0, 0.05) is 0 Å². The molecule has 2 fully saturated rings. The fourth-order valence-corrected chi connectivity index (χ4v) is 2.46. The molecule has 2 aliphatic heterocycles. The lowest BCUT2D eigenvalue weighted by Gasteiger charge is -2.28. The Morgan fingerprint density at radius 2 is 2.06 bits per heavy atom. The molecule has 4 nitrogen and oxygen atoms in total. The van der Waals surface area contributed by atoms with E-state index in [0.717, 1.165) is 19.3 Å². The second-order valence-electron chi connectivity index (χ2n) is 6.07. The number of nitrogens with one attached hydrogen (secondary N) is 1. The van der Waals surface area contributed by atoms with E-state index in [0.29, 0.717) is 6.10 Å². The maximum Gasteiger partial charge on any atom is 0.237 e. The van der Waals surface area contributed by atoms with Gasteiger partial charge < -0.3 is 15.8 Å². The highest BCUT2D eigenvalue weighted by molar-refractivity contribution is 5.85. The van der Waals surface area contributed by atoms with Crippen LogP contribution >= 0.6 is 12.4 Å². The van der Waals surface area contributed by atoms with Crippen LogP contribution in [-0.2, 0) is 9.53 Å². The molecular weight excluding hydrogens is 240 g/mol. The summed E-state index contributed by atoms with van der Waals surface area (Å²) >= 11 is 0. The highest BCUT2D eigenvalue weighted by atomic mass is 35.5. The van der Waals surface area contributed by atoms with Crippen LogP contribution < -0.4 is 11.1 Å². The van der Waals surface area contributed by atoms with Crippen LogP contribution in [-0.4, -0.2) is 30.2 Å². The number of nitrogens with two attached hydrogens (primary N) is 1. The lowest BCUT2D eigenvalue weighted by molar-refractivity contribution is -0.125. The fourth-order valence-electron chi connectivity index (χ4n) is 2.46. The van der Waals surface area contributed by atoms with Crippen molar-refractivity contribution in [2.75, 3.05) is 0 Å². The van der Waals surface area contributed by atoms with Gasteiger partial charge in [0.15, 0.2) is 0 Å². The number of rotatable bonds is 2. The molecule has 2 rings (SSSR count). The van der Waals surface area contributed by atoms with E-state index in [4.69, 9.17) is 10.5 Å². The maximum absolute atomic E-state index is 11.9. The summed E-state index contributed by atoms with van der Waals surface area (Å²) in [5.41, 5.74) is 5.73. The molecule has 1 amide bonds. The molecule has 3 unspecified atom stereocenters. The standard InChI is InChI=1S/C12H22N2O2.ClH/c1-12(2,3)10(13)11(15)14-8-6-7-4-5-9(8)16-7;/h7-10H,4-6,13H2,1-3H3,(H,14,15);1H/t7?,8?,9?,10-;/m1./s1. The summed E-state index contributed by atoms with van der Waals surface area (Å²) in [5, 5.41) is 3.03. The van der Waals surface area contributed by atoms with Crippen LogP contribution in [0, 0.1) is 5.41 Å². The van der Waals surface area contributed by atoms with Crippen LogP contribution in [0.1, 0.15) is 40.0 Å².